The van der Waals surface area contributed by atoms with E-state index in [1.165, 1.54) is 6.42 Å². The van der Waals surface area contributed by atoms with Crippen LogP contribution in [0.15, 0.2) is 0 Å². The van der Waals surface area contributed by atoms with E-state index in [1.54, 1.807) is 0 Å². The van der Waals surface area contributed by atoms with Crippen LogP contribution in [0.3, 0.4) is 0 Å². The second-order valence-corrected chi connectivity index (χ2v) is 3.46. The summed E-state index contributed by atoms with van der Waals surface area (Å²) in [5, 5.41) is 8.91. The molecule has 0 aromatic carbocycles. The van der Waals surface area contributed by atoms with Crippen molar-refractivity contribution in [3.05, 3.63) is 0 Å². The number of Topliss-reactive ketones (excluding diaryl/α,β-unsaturated/α-hetero) is 1. The van der Waals surface area contributed by atoms with Crippen molar-refractivity contribution in [1.29, 1.82) is 0 Å². The summed E-state index contributed by atoms with van der Waals surface area (Å²) < 4.78 is 0. The molecule has 1 N–H and O–H groups in total. The Morgan fingerprint density at radius 2 is 2.30 bits per heavy atom. The minimum atomic E-state index is 0.223. The summed E-state index contributed by atoms with van der Waals surface area (Å²) >= 11 is 0. The van der Waals surface area contributed by atoms with Crippen LogP contribution >= 0.6 is 0 Å². The molecule has 2 heteroatoms. The van der Waals surface area contributed by atoms with Gasteiger partial charge in [-0.3, -0.25) is 4.79 Å². The van der Waals surface area contributed by atoms with Crippen LogP contribution in [0.5, 0.6) is 0 Å². The van der Waals surface area contributed by atoms with Crippen molar-refractivity contribution >= 4 is 5.78 Å². The third-order valence-corrected chi connectivity index (χ3v) is 3.06. The molecule has 2 aliphatic rings. The van der Waals surface area contributed by atoms with Gasteiger partial charge >= 0.3 is 0 Å². The number of aliphatic hydroxyl groups is 1. The van der Waals surface area contributed by atoms with E-state index in [0.717, 1.165) is 12.8 Å². The minimum Gasteiger partial charge on any atom is -0.396 e. The highest BCUT2D eigenvalue weighted by atomic mass is 16.3. The van der Waals surface area contributed by atoms with Gasteiger partial charge in [0.1, 0.15) is 5.78 Å². The molecule has 2 nitrogen and oxygen atoms in total. The lowest BCUT2D eigenvalue weighted by atomic mass is 9.99. The summed E-state index contributed by atoms with van der Waals surface area (Å²) in [4.78, 5) is 11.1. The largest absolute Gasteiger partial charge is 0.396 e. The minimum absolute atomic E-state index is 0.223. The Hall–Kier alpha value is -0.370. The molecule has 3 unspecified atom stereocenters. The molecule has 2 rings (SSSR count). The van der Waals surface area contributed by atoms with Crippen molar-refractivity contribution in [3.8, 4) is 0 Å². The predicted octanol–water partition coefficient (Wildman–Crippen LogP) is 0.594. The van der Waals surface area contributed by atoms with Crippen LogP contribution in [0.1, 0.15) is 19.3 Å². The molecule has 2 bridgehead atoms. The van der Waals surface area contributed by atoms with Gasteiger partial charge < -0.3 is 5.11 Å². The quantitative estimate of drug-likeness (QED) is 0.579. The van der Waals surface area contributed by atoms with Crippen LogP contribution < -0.4 is 0 Å². The van der Waals surface area contributed by atoms with E-state index in [-0.39, 0.29) is 12.5 Å². The number of carbonyl (C=O) groups is 1. The number of rotatable bonds is 1. The highest BCUT2D eigenvalue weighted by Gasteiger charge is 2.46. The molecule has 0 heterocycles. The van der Waals surface area contributed by atoms with E-state index in [1.807, 2.05) is 0 Å². The Morgan fingerprint density at radius 1 is 1.50 bits per heavy atom. The Bertz CT molecular complexity index is 165. The van der Waals surface area contributed by atoms with Crippen LogP contribution in [-0.2, 0) is 4.79 Å². The van der Waals surface area contributed by atoms with Crippen molar-refractivity contribution in [2.45, 2.75) is 19.3 Å². The molecule has 0 amide bonds. The fourth-order valence-electron chi connectivity index (χ4n) is 2.49. The summed E-state index contributed by atoms with van der Waals surface area (Å²) in [6.07, 6.45) is 2.95. The summed E-state index contributed by atoms with van der Waals surface area (Å²) in [7, 11) is 0. The molecule has 56 valence electrons. The first-order chi connectivity index (χ1) is 4.83. The first kappa shape index (κ1) is 6.35. The molecule has 0 aromatic heterocycles. The van der Waals surface area contributed by atoms with Crippen molar-refractivity contribution < 1.29 is 9.90 Å². The molecule has 0 aliphatic heterocycles. The monoisotopic (exact) mass is 140 g/mol. The molecule has 2 fully saturated rings. The fraction of sp³-hybridized carbons (Fsp3) is 0.875. The van der Waals surface area contributed by atoms with Gasteiger partial charge in [0.05, 0.1) is 0 Å². The zero-order chi connectivity index (χ0) is 7.14. The zero-order valence-corrected chi connectivity index (χ0v) is 5.92. The Balaban J connectivity index is 2.18. The predicted molar refractivity (Wildman–Crippen MR) is 36.4 cm³/mol. The number of carbonyl (C=O) groups excluding carboxylic acids is 1. The molecule has 0 aromatic rings. The normalized spacial score (nSPS) is 44.9. The molecule has 10 heavy (non-hydrogen) atoms. The van der Waals surface area contributed by atoms with Gasteiger partial charge in [0, 0.05) is 18.9 Å². The van der Waals surface area contributed by atoms with Gasteiger partial charge in [0.15, 0.2) is 0 Å². The van der Waals surface area contributed by atoms with Crippen LogP contribution in [0, 0.1) is 17.8 Å². The van der Waals surface area contributed by atoms with Gasteiger partial charge in [-0.15, -0.1) is 0 Å². The number of ketones is 1. The Morgan fingerprint density at radius 3 is 2.60 bits per heavy atom. The highest BCUT2D eigenvalue weighted by Crippen LogP contribution is 2.46. The van der Waals surface area contributed by atoms with Gasteiger partial charge in [-0.1, -0.05) is 0 Å². The van der Waals surface area contributed by atoms with E-state index < -0.39 is 0 Å². The van der Waals surface area contributed by atoms with E-state index in [4.69, 9.17) is 5.11 Å². The lowest BCUT2D eigenvalue weighted by Crippen LogP contribution is -2.13. The molecule has 0 radical (unpaired) electrons. The van der Waals surface area contributed by atoms with Crippen molar-refractivity contribution in [1.82, 2.24) is 0 Å². The average molecular weight is 140 g/mol. The lowest BCUT2D eigenvalue weighted by Gasteiger charge is -2.08. The van der Waals surface area contributed by atoms with Gasteiger partial charge in [-0.25, -0.2) is 0 Å². The standard InChI is InChI=1S/C8H12O2/c9-4-7-5-1-2-6(7)8(10)3-5/h5-7,9H,1-4H2. The van der Waals surface area contributed by atoms with Crippen molar-refractivity contribution in [2.24, 2.45) is 17.8 Å². The van der Waals surface area contributed by atoms with Crippen LogP contribution in [0.25, 0.3) is 0 Å². The Kier molecular flexibility index (Phi) is 1.31. The Labute approximate surface area is 60.2 Å². The number of fused-ring (bicyclic) bond motifs is 2. The lowest BCUT2D eigenvalue weighted by molar-refractivity contribution is -0.122. The van der Waals surface area contributed by atoms with E-state index >= 15 is 0 Å². The van der Waals surface area contributed by atoms with Crippen LogP contribution in [0.2, 0.25) is 0 Å². The third-order valence-electron chi connectivity index (χ3n) is 3.06. The third kappa shape index (κ3) is 0.655. The smallest absolute Gasteiger partial charge is 0.136 e. The summed E-state index contributed by atoms with van der Waals surface area (Å²) in [6, 6.07) is 0. The zero-order valence-electron chi connectivity index (χ0n) is 5.92. The van der Waals surface area contributed by atoms with E-state index in [0.29, 0.717) is 17.6 Å². The van der Waals surface area contributed by atoms with E-state index in [2.05, 4.69) is 0 Å². The summed E-state index contributed by atoms with van der Waals surface area (Å²) in [5.41, 5.74) is 0. The van der Waals surface area contributed by atoms with Gasteiger partial charge in [0.2, 0.25) is 0 Å². The first-order valence-electron chi connectivity index (χ1n) is 3.96. The summed E-state index contributed by atoms with van der Waals surface area (Å²) in [5.74, 6) is 1.49. The topological polar surface area (TPSA) is 37.3 Å². The second kappa shape index (κ2) is 2.06. The number of hydrogen-bond acceptors (Lipinski definition) is 2. The van der Waals surface area contributed by atoms with Gasteiger partial charge in [0.25, 0.3) is 0 Å². The molecule has 0 saturated heterocycles. The fourth-order valence-corrected chi connectivity index (χ4v) is 2.49. The molecule has 2 saturated carbocycles. The second-order valence-electron chi connectivity index (χ2n) is 3.46. The molecule has 0 spiro atoms. The van der Waals surface area contributed by atoms with Gasteiger partial charge in [-0.2, -0.15) is 0 Å². The summed E-state index contributed by atoms with van der Waals surface area (Å²) in [6.45, 7) is 0.223. The maximum absolute atomic E-state index is 11.1. The van der Waals surface area contributed by atoms with E-state index in [9.17, 15) is 4.79 Å². The molecular formula is C8H12O2. The van der Waals surface area contributed by atoms with Crippen LogP contribution in [-0.4, -0.2) is 17.5 Å². The van der Waals surface area contributed by atoms with Crippen molar-refractivity contribution in [3.63, 3.8) is 0 Å². The molecule has 3 atom stereocenters. The van der Waals surface area contributed by atoms with Gasteiger partial charge in [-0.05, 0) is 24.7 Å². The highest BCUT2D eigenvalue weighted by molar-refractivity contribution is 5.84. The van der Waals surface area contributed by atoms with Crippen molar-refractivity contribution in [2.75, 3.05) is 6.61 Å². The number of aliphatic hydroxyl groups excluding tert-OH is 1. The van der Waals surface area contributed by atoms with Crippen LogP contribution in [0.4, 0.5) is 0 Å². The maximum atomic E-state index is 11.1. The molecule has 2 aliphatic carbocycles. The molecular weight excluding hydrogens is 128 g/mol. The first-order valence-corrected chi connectivity index (χ1v) is 3.96. The SMILES string of the molecule is O=C1CC2CCC1C2CO. The number of hydrogen-bond donors (Lipinski definition) is 1. The average Bonchev–Trinajstić information content (AvgIpc) is 2.42. The maximum Gasteiger partial charge on any atom is 0.136 e.